The van der Waals surface area contributed by atoms with Gasteiger partial charge < -0.3 is 29.7 Å². The zero-order valence-electron chi connectivity index (χ0n) is 10.0. The van der Waals surface area contributed by atoms with E-state index >= 15 is 0 Å². The fraction of sp³-hybridized carbons (Fsp3) is 0. The van der Waals surface area contributed by atoms with Crippen molar-refractivity contribution in [2.45, 2.75) is 0 Å². The summed E-state index contributed by atoms with van der Waals surface area (Å²) in [6.45, 7) is 0. The van der Waals surface area contributed by atoms with Gasteiger partial charge in [0.1, 0.15) is 0 Å². The van der Waals surface area contributed by atoms with E-state index in [1.807, 2.05) is 67.8 Å². The Balaban J connectivity index is -0.000000108. The van der Waals surface area contributed by atoms with Crippen LogP contribution in [0.15, 0.2) is 23.0 Å². The van der Waals surface area contributed by atoms with Gasteiger partial charge in [-0.25, -0.2) is 0 Å². The molecule has 0 aliphatic heterocycles. The molecular weight excluding hydrogens is 1080 g/mol. The largest absolute Gasteiger partial charge is 3.00 e. The van der Waals surface area contributed by atoms with Crippen LogP contribution < -0.4 is 15.3 Å². The second-order valence-corrected chi connectivity index (χ2v) is 7.59. The molecule has 0 aliphatic carbocycles. The van der Waals surface area contributed by atoms with Gasteiger partial charge in [0.15, 0.2) is 0 Å². The van der Waals surface area contributed by atoms with Crippen LogP contribution in [-0.2, 0) is 14.4 Å². The Morgan fingerprint density at radius 1 is 0.591 bits per heavy atom. The normalized spacial score (nSPS) is 10.9. The van der Waals surface area contributed by atoms with E-state index in [1.165, 1.54) is 12.2 Å². The smallest absolute Gasteiger partial charge is 0.544 e. The summed E-state index contributed by atoms with van der Waals surface area (Å²) in [4.78, 5) is 29.2. The molecule has 0 saturated carbocycles. The van der Waals surface area contributed by atoms with Crippen molar-refractivity contribution in [1.29, 1.82) is 0 Å². The van der Waals surface area contributed by atoms with Crippen LogP contribution in [0.25, 0.3) is 0 Å². The fourth-order valence-electron chi connectivity index (χ4n) is 0.134. The molecule has 0 aromatic carbocycles. The average molecular weight is 1080 g/mol. The standard InChI is InChI=1S/3C3H2I2O2.In/c3*4-1-2(5)3(6)7;/h3*1H,(H,6,7);/q;;;+3/p-3. The number of hydrogen-bond acceptors (Lipinski definition) is 6. The van der Waals surface area contributed by atoms with Crippen molar-refractivity contribution in [2.24, 2.45) is 0 Å². The molecule has 0 aromatic rings. The van der Waals surface area contributed by atoms with Crippen molar-refractivity contribution in [1.82, 2.24) is 0 Å². The molecule has 0 aliphatic rings. The maximum atomic E-state index is 9.74. The Bertz CT molecular complexity index is 395. The molecule has 0 radical (unpaired) electrons. The van der Waals surface area contributed by atoms with E-state index in [4.69, 9.17) is 0 Å². The van der Waals surface area contributed by atoms with Crippen LogP contribution in [0.4, 0.5) is 0 Å². The molecule has 13 heteroatoms. The first kappa shape index (κ1) is 32.5. The van der Waals surface area contributed by atoms with Gasteiger partial charge in [-0.05, 0) is 80.0 Å². The second-order valence-electron chi connectivity index (χ2n) is 2.23. The maximum absolute atomic E-state index is 9.74. The van der Waals surface area contributed by atoms with Gasteiger partial charge >= 0.3 is 25.8 Å². The van der Waals surface area contributed by atoms with Crippen LogP contribution in [0.5, 0.6) is 0 Å². The van der Waals surface area contributed by atoms with Gasteiger partial charge in [-0.1, -0.05) is 67.8 Å². The first-order valence-electron chi connectivity index (χ1n) is 4.06. The molecule has 0 bridgehead atoms. The Labute approximate surface area is 227 Å². The van der Waals surface area contributed by atoms with Crippen LogP contribution in [0.1, 0.15) is 0 Å². The molecule has 120 valence electrons. The maximum Gasteiger partial charge on any atom is 3.00 e. The van der Waals surface area contributed by atoms with Crippen molar-refractivity contribution < 1.29 is 29.7 Å². The molecule has 0 aromatic heterocycles. The number of rotatable bonds is 3. The van der Waals surface area contributed by atoms with E-state index in [1.54, 1.807) is 67.8 Å². The van der Waals surface area contributed by atoms with Crippen molar-refractivity contribution in [3.8, 4) is 0 Å². The number of carboxylic acid groups (broad SMARTS) is 3. The number of halogens is 6. The minimum Gasteiger partial charge on any atom is -0.544 e. The van der Waals surface area contributed by atoms with E-state index in [9.17, 15) is 29.7 Å². The van der Waals surface area contributed by atoms with Crippen LogP contribution >= 0.6 is 136 Å². The number of carbonyl (C=O) groups excluding carboxylic acids is 3. The van der Waals surface area contributed by atoms with E-state index in [-0.39, 0.29) is 36.6 Å². The quantitative estimate of drug-likeness (QED) is 0.307. The van der Waals surface area contributed by atoms with E-state index in [0.29, 0.717) is 0 Å². The SMILES string of the molecule is O=C([O-])C(I)=CI.O=C([O-])C(I)=CI.O=C([O-])C(I)=CI.[In+3]. The molecular formula is C9H3I6InO6. The Morgan fingerprint density at radius 2 is 0.727 bits per heavy atom. The number of carbonyl (C=O) groups is 3. The Morgan fingerprint density at radius 3 is 0.727 bits per heavy atom. The number of aliphatic carboxylic acids is 3. The number of carboxylic acids is 3. The summed E-state index contributed by atoms with van der Waals surface area (Å²) in [5.74, 6) is -3.35. The Kier molecular flexibility index (Phi) is 32.4. The zero-order valence-corrected chi connectivity index (χ0v) is 26.3. The van der Waals surface area contributed by atoms with Crippen LogP contribution in [0.2, 0.25) is 0 Å². The van der Waals surface area contributed by atoms with Crippen LogP contribution in [-0.4, -0.2) is 43.8 Å². The third kappa shape index (κ3) is 25.1. The van der Waals surface area contributed by atoms with Crippen molar-refractivity contribution in [2.75, 3.05) is 0 Å². The predicted molar refractivity (Wildman–Crippen MR) is 129 cm³/mol. The van der Waals surface area contributed by atoms with Crippen molar-refractivity contribution in [3.05, 3.63) is 23.0 Å². The van der Waals surface area contributed by atoms with Crippen molar-refractivity contribution in [3.63, 3.8) is 0 Å². The summed E-state index contributed by atoms with van der Waals surface area (Å²) in [5.41, 5.74) is 0. The summed E-state index contributed by atoms with van der Waals surface area (Å²) < 4.78 is 5.06. The summed E-state index contributed by atoms with van der Waals surface area (Å²) in [5, 5.41) is 29.2. The molecule has 22 heavy (non-hydrogen) atoms. The van der Waals surface area contributed by atoms with E-state index < -0.39 is 17.9 Å². The van der Waals surface area contributed by atoms with E-state index in [2.05, 4.69) is 0 Å². The van der Waals surface area contributed by atoms with Gasteiger partial charge in [0.2, 0.25) is 0 Å². The summed E-state index contributed by atoms with van der Waals surface area (Å²) in [6.07, 6.45) is 0. The minimum atomic E-state index is -1.12. The van der Waals surface area contributed by atoms with Crippen molar-refractivity contribution >= 4 is 179 Å². The van der Waals surface area contributed by atoms with Crippen LogP contribution in [0, 0.1) is 0 Å². The number of hydrogen-bond donors (Lipinski definition) is 0. The molecule has 0 spiro atoms. The van der Waals surface area contributed by atoms with Gasteiger partial charge in [0.05, 0.1) is 17.9 Å². The Hall–Kier alpha value is 2.88. The third-order valence-electron chi connectivity index (χ3n) is 0.872. The molecule has 0 N–H and O–H groups in total. The second kappa shape index (κ2) is 21.9. The molecule has 0 amide bonds. The van der Waals surface area contributed by atoms with Crippen LogP contribution in [0.3, 0.4) is 0 Å². The molecule has 0 heterocycles. The first-order valence-corrected chi connectivity index (χ1v) is 11.0. The van der Waals surface area contributed by atoms with Gasteiger partial charge in [-0.2, -0.15) is 0 Å². The molecule has 0 unspecified atom stereocenters. The zero-order chi connectivity index (χ0) is 17.6. The molecule has 6 nitrogen and oxygen atoms in total. The van der Waals surface area contributed by atoms with Gasteiger partial charge in [-0.15, -0.1) is 0 Å². The van der Waals surface area contributed by atoms with Gasteiger partial charge in [0.25, 0.3) is 0 Å². The third-order valence-corrected chi connectivity index (χ3v) is 8.57. The topological polar surface area (TPSA) is 120 Å². The van der Waals surface area contributed by atoms with E-state index in [0.717, 1.165) is 0 Å². The average Bonchev–Trinajstić information content (AvgIpc) is 2.45. The van der Waals surface area contributed by atoms with Gasteiger partial charge in [0, 0.05) is 10.7 Å². The van der Waals surface area contributed by atoms with Gasteiger partial charge in [-0.3, -0.25) is 0 Å². The molecule has 0 rings (SSSR count). The summed E-state index contributed by atoms with van der Waals surface area (Å²) in [7, 11) is 0. The first-order chi connectivity index (χ1) is 9.54. The summed E-state index contributed by atoms with van der Waals surface area (Å²) >= 11 is 10.6. The molecule has 0 fully saturated rings. The fourth-order valence-corrected chi connectivity index (χ4v) is 0.896. The molecule has 0 atom stereocenters. The monoisotopic (exact) mass is 1080 g/mol. The minimum absolute atomic E-state index is 0. The predicted octanol–water partition coefficient (Wildman–Crippen LogP) is 0.962. The molecule has 0 saturated heterocycles. The summed E-state index contributed by atoms with van der Waals surface area (Å²) in [6, 6.07) is 0.